The molecule has 0 spiro atoms. The van der Waals surface area contributed by atoms with Crippen molar-refractivity contribution in [3.8, 4) is 0 Å². The summed E-state index contributed by atoms with van der Waals surface area (Å²) in [6.45, 7) is 1.80. The highest BCUT2D eigenvalue weighted by atomic mass is 19.4. The predicted molar refractivity (Wildman–Crippen MR) is 88.2 cm³/mol. The third-order valence-corrected chi connectivity index (χ3v) is 4.61. The van der Waals surface area contributed by atoms with Crippen LogP contribution in [0.4, 0.5) is 13.2 Å². The minimum absolute atomic E-state index is 0.168. The second-order valence-corrected chi connectivity index (χ2v) is 6.45. The number of benzene rings is 1. The standard InChI is InChI=1S/C18H23F3N2O/c19-18(20,21)13-24-11-3-8-23-9-6-14(7-10-23)17-12-15-4-1-2-5-16(15)22-17/h1-2,4-5,12,14,22H,3,6-11,13H2. The molecule has 24 heavy (non-hydrogen) atoms. The van der Waals surface area contributed by atoms with E-state index in [0.29, 0.717) is 12.3 Å². The van der Waals surface area contributed by atoms with Crippen LogP contribution in [-0.2, 0) is 4.74 Å². The van der Waals surface area contributed by atoms with Gasteiger partial charge in [0.1, 0.15) is 6.61 Å². The average molecular weight is 340 g/mol. The van der Waals surface area contributed by atoms with Crippen LogP contribution in [-0.4, -0.2) is 48.9 Å². The van der Waals surface area contributed by atoms with Crippen molar-refractivity contribution < 1.29 is 17.9 Å². The molecule has 1 aliphatic rings. The second-order valence-electron chi connectivity index (χ2n) is 6.45. The number of para-hydroxylation sites is 1. The van der Waals surface area contributed by atoms with Gasteiger partial charge in [-0.25, -0.2) is 0 Å². The van der Waals surface area contributed by atoms with Gasteiger partial charge in [0, 0.05) is 30.3 Å². The van der Waals surface area contributed by atoms with Gasteiger partial charge in [-0.05, 0) is 49.9 Å². The molecule has 1 aromatic carbocycles. The van der Waals surface area contributed by atoms with Crippen molar-refractivity contribution in [1.29, 1.82) is 0 Å². The normalized spacial score (nSPS) is 17.6. The molecule has 0 radical (unpaired) electrons. The summed E-state index contributed by atoms with van der Waals surface area (Å²) in [5, 5.41) is 1.25. The van der Waals surface area contributed by atoms with Gasteiger partial charge in [0.05, 0.1) is 0 Å². The fraction of sp³-hybridized carbons (Fsp3) is 0.556. The molecule has 1 aliphatic heterocycles. The van der Waals surface area contributed by atoms with Crippen LogP contribution in [0.15, 0.2) is 30.3 Å². The van der Waals surface area contributed by atoms with Crippen LogP contribution in [0.3, 0.4) is 0 Å². The van der Waals surface area contributed by atoms with Crippen LogP contribution < -0.4 is 0 Å². The Labute approximate surface area is 139 Å². The zero-order chi connectivity index (χ0) is 17.0. The fourth-order valence-electron chi connectivity index (χ4n) is 3.36. The molecular formula is C18H23F3N2O. The van der Waals surface area contributed by atoms with Crippen LogP contribution in [0, 0.1) is 0 Å². The Morgan fingerprint density at radius 3 is 2.62 bits per heavy atom. The highest BCUT2D eigenvalue weighted by Crippen LogP contribution is 2.29. The highest BCUT2D eigenvalue weighted by Gasteiger charge is 2.27. The van der Waals surface area contributed by atoms with Crippen LogP contribution >= 0.6 is 0 Å². The number of H-pyrrole nitrogens is 1. The van der Waals surface area contributed by atoms with Crippen molar-refractivity contribution in [1.82, 2.24) is 9.88 Å². The van der Waals surface area contributed by atoms with Crippen molar-refractivity contribution in [2.75, 3.05) is 32.8 Å². The largest absolute Gasteiger partial charge is 0.411 e. The maximum Gasteiger partial charge on any atom is 0.411 e. The van der Waals surface area contributed by atoms with E-state index in [0.717, 1.165) is 32.5 Å². The third kappa shape index (κ3) is 4.74. The van der Waals surface area contributed by atoms with Gasteiger partial charge in [-0.3, -0.25) is 0 Å². The summed E-state index contributed by atoms with van der Waals surface area (Å²) >= 11 is 0. The van der Waals surface area contributed by atoms with Crippen LogP contribution in [0.25, 0.3) is 10.9 Å². The molecule has 2 aromatic rings. The first-order valence-corrected chi connectivity index (χ1v) is 8.46. The predicted octanol–water partition coefficient (Wildman–Crippen LogP) is 4.32. The number of aromatic nitrogens is 1. The van der Waals surface area contributed by atoms with E-state index in [1.54, 1.807) is 0 Å². The Morgan fingerprint density at radius 2 is 1.92 bits per heavy atom. The fourth-order valence-corrected chi connectivity index (χ4v) is 3.36. The Morgan fingerprint density at radius 1 is 1.17 bits per heavy atom. The maximum absolute atomic E-state index is 12.0. The summed E-state index contributed by atoms with van der Waals surface area (Å²) in [7, 11) is 0. The summed E-state index contributed by atoms with van der Waals surface area (Å²) < 4.78 is 40.6. The summed E-state index contributed by atoms with van der Waals surface area (Å²) in [4.78, 5) is 5.82. The lowest BCUT2D eigenvalue weighted by atomic mass is 9.93. The Kier molecular flexibility index (Phi) is 5.46. The molecule has 0 amide bonds. The summed E-state index contributed by atoms with van der Waals surface area (Å²) in [5.74, 6) is 0.537. The van der Waals surface area contributed by atoms with Crippen molar-refractivity contribution in [3.63, 3.8) is 0 Å². The van der Waals surface area contributed by atoms with Gasteiger partial charge in [0.25, 0.3) is 0 Å². The van der Waals surface area contributed by atoms with Gasteiger partial charge >= 0.3 is 6.18 Å². The van der Waals surface area contributed by atoms with Crippen molar-refractivity contribution in [2.24, 2.45) is 0 Å². The van der Waals surface area contributed by atoms with E-state index in [9.17, 15) is 13.2 Å². The van der Waals surface area contributed by atoms with E-state index in [4.69, 9.17) is 0 Å². The summed E-state index contributed by atoms with van der Waals surface area (Å²) in [6.07, 6.45) is -1.42. The Hall–Kier alpha value is -1.53. The minimum Gasteiger partial charge on any atom is -0.372 e. The number of piperidine rings is 1. The second kappa shape index (κ2) is 7.57. The maximum atomic E-state index is 12.0. The molecule has 1 N–H and O–H groups in total. The van der Waals surface area contributed by atoms with Gasteiger partial charge in [0.2, 0.25) is 0 Å². The summed E-state index contributed by atoms with van der Waals surface area (Å²) in [6, 6.07) is 10.5. The van der Waals surface area contributed by atoms with Crippen molar-refractivity contribution in [2.45, 2.75) is 31.4 Å². The lowest BCUT2D eigenvalue weighted by molar-refractivity contribution is -0.174. The van der Waals surface area contributed by atoms with Gasteiger partial charge in [-0.2, -0.15) is 13.2 Å². The van der Waals surface area contributed by atoms with Gasteiger partial charge in [-0.15, -0.1) is 0 Å². The monoisotopic (exact) mass is 340 g/mol. The van der Waals surface area contributed by atoms with E-state index in [1.165, 1.54) is 16.6 Å². The minimum atomic E-state index is -4.22. The first-order chi connectivity index (χ1) is 11.5. The van der Waals surface area contributed by atoms with Gasteiger partial charge in [-0.1, -0.05) is 18.2 Å². The number of ether oxygens (including phenoxy) is 1. The number of halogens is 3. The summed E-state index contributed by atoms with van der Waals surface area (Å²) in [5.41, 5.74) is 2.47. The number of alkyl halides is 3. The van der Waals surface area contributed by atoms with Crippen molar-refractivity contribution >= 4 is 10.9 Å². The molecule has 6 heteroatoms. The average Bonchev–Trinajstić information content (AvgIpc) is 2.98. The molecule has 0 aliphatic carbocycles. The van der Waals surface area contributed by atoms with Crippen LogP contribution in [0.1, 0.15) is 30.9 Å². The first kappa shape index (κ1) is 17.3. The number of hydrogen-bond donors (Lipinski definition) is 1. The zero-order valence-electron chi connectivity index (χ0n) is 13.6. The van der Waals surface area contributed by atoms with Crippen LogP contribution in [0.2, 0.25) is 0 Å². The third-order valence-electron chi connectivity index (χ3n) is 4.61. The Balaban J connectivity index is 1.39. The molecule has 0 atom stereocenters. The smallest absolute Gasteiger partial charge is 0.372 e. The SMILES string of the molecule is FC(F)(F)COCCCN1CCC(c2cc3ccccc3[nH]2)CC1. The lowest BCUT2D eigenvalue weighted by Gasteiger charge is -2.31. The highest BCUT2D eigenvalue weighted by molar-refractivity contribution is 5.80. The molecule has 1 aromatic heterocycles. The van der Waals surface area contributed by atoms with E-state index >= 15 is 0 Å². The molecule has 0 saturated carbocycles. The number of likely N-dealkylation sites (tertiary alicyclic amines) is 1. The van der Waals surface area contributed by atoms with Crippen LogP contribution in [0.5, 0.6) is 0 Å². The number of nitrogens with one attached hydrogen (secondary N) is 1. The number of fused-ring (bicyclic) bond motifs is 1. The lowest BCUT2D eigenvalue weighted by Crippen LogP contribution is -2.34. The molecule has 3 nitrogen and oxygen atoms in total. The number of hydrogen-bond acceptors (Lipinski definition) is 2. The number of aromatic amines is 1. The molecule has 0 bridgehead atoms. The van der Waals surface area contributed by atoms with Crippen molar-refractivity contribution in [3.05, 3.63) is 36.0 Å². The molecule has 0 unspecified atom stereocenters. The number of rotatable bonds is 6. The molecular weight excluding hydrogens is 317 g/mol. The van der Waals surface area contributed by atoms with E-state index in [1.807, 2.05) is 12.1 Å². The van der Waals surface area contributed by atoms with Gasteiger partial charge in [0.15, 0.2) is 0 Å². The Bertz CT molecular complexity index is 612. The quantitative estimate of drug-likeness (QED) is 0.794. The van der Waals surface area contributed by atoms with E-state index in [2.05, 4.69) is 32.8 Å². The molecule has 2 heterocycles. The molecule has 3 rings (SSSR count). The molecule has 1 fully saturated rings. The topological polar surface area (TPSA) is 28.3 Å². The van der Waals surface area contributed by atoms with E-state index in [-0.39, 0.29) is 6.61 Å². The van der Waals surface area contributed by atoms with Gasteiger partial charge < -0.3 is 14.6 Å². The number of nitrogens with zero attached hydrogens (tertiary/aromatic N) is 1. The van der Waals surface area contributed by atoms with E-state index < -0.39 is 12.8 Å². The zero-order valence-corrected chi connectivity index (χ0v) is 13.6. The molecule has 1 saturated heterocycles. The molecule has 132 valence electrons. The first-order valence-electron chi connectivity index (χ1n) is 8.46.